The highest BCUT2D eigenvalue weighted by Crippen LogP contribution is 2.22. The first-order valence-electron chi connectivity index (χ1n) is 6.84. The van der Waals surface area contributed by atoms with E-state index in [2.05, 4.69) is 20.2 Å². The summed E-state index contributed by atoms with van der Waals surface area (Å²) >= 11 is 0. The number of hydrogen-bond acceptors (Lipinski definition) is 4. The summed E-state index contributed by atoms with van der Waals surface area (Å²) in [5.74, 6) is 2.09. The zero-order chi connectivity index (χ0) is 13.9. The van der Waals surface area contributed by atoms with Gasteiger partial charge in [0.2, 0.25) is 0 Å². The Morgan fingerprint density at radius 2 is 1.95 bits per heavy atom. The van der Waals surface area contributed by atoms with Crippen molar-refractivity contribution in [1.29, 1.82) is 0 Å². The van der Waals surface area contributed by atoms with Gasteiger partial charge in [-0.05, 0) is 38.0 Å². The van der Waals surface area contributed by atoms with Gasteiger partial charge in [0.15, 0.2) is 0 Å². The van der Waals surface area contributed by atoms with E-state index in [9.17, 15) is 4.39 Å². The van der Waals surface area contributed by atoms with Crippen molar-refractivity contribution in [3.8, 4) is 0 Å². The van der Waals surface area contributed by atoms with Crippen molar-refractivity contribution in [2.24, 2.45) is 0 Å². The Morgan fingerprint density at radius 3 is 2.70 bits per heavy atom. The van der Waals surface area contributed by atoms with Crippen molar-refractivity contribution in [2.45, 2.75) is 19.8 Å². The van der Waals surface area contributed by atoms with Gasteiger partial charge in [0.25, 0.3) is 0 Å². The second kappa shape index (κ2) is 5.45. The molecule has 3 rings (SSSR count). The summed E-state index contributed by atoms with van der Waals surface area (Å²) in [6.07, 6.45) is 2.41. The van der Waals surface area contributed by atoms with Crippen molar-refractivity contribution in [1.82, 2.24) is 9.97 Å². The van der Waals surface area contributed by atoms with E-state index in [1.165, 1.54) is 25.0 Å². The molecule has 0 aliphatic carbocycles. The van der Waals surface area contributed by atoms with E-state index in [-0.39, 0.29) is 5.82 Å². The van der Waals surface area contributed by atoms with E-state index in [1.807, 2.05) is 19.1 Å². The lowest BCUT2D eigenvalue weighted by Gasteiger charge is -2.17. The maximum atomic E-state index is 13.2. The quantitative estimate of drug-likeness (QED) is 0.931. The van der Waals surface area contributed by atoms with Crippen molar-refractivity contribution in [2.75, 3.05) is 23.3 Å². The zero-order valence-electron chi connectivity index (χ0n) is 11.4. The van der Waals surface area contributed by atoms with E-state index in [0.717, 1.165) is 18.9 Å². The molecular weight excluding hydrogens is 255 g/mol. The van der Waals surface area contributed by atoms with Crippen LogP contribution < -0.4 is 10.2 Å². The van der Waals surface area contributed by atoms with Crippen LogP contribution >= 0.6 is 0 Å². The molecule has 1 aliphatic rings. The average Bonchev–Trinajstić information content (AvgIpc) is 2.91. The Bertz CT molecular complexity index is 609. The molecule has 1 saturated heterocycles. The third-order valence-electron chi connectivity index (χ3n) is 3.35. The van der Waals surface area contributed by atoms with Gasteiger partial charge in [-0.3, -0.25) is 0 Å². The molecular formula is C15H17FN4. The lowest BCUT2D eigenvalue weighted by atomic mass is 10.3. The Hall–Kier alpha value is -2.17. The average molecular weight is 272 g/mol. The van der Waals surface area contributed by atoms with E-state index < -0.39 is 0 Å². The highest BCUT2D eigenvalue weighted by molar-refractivity contribution is 5.59. The molecule has 0 bridgehead atoms. The highest BCUT2D eigenvalue weighted by atomic mass is 19.1. The SMILES string of the molecule is Cc1nc(Nc2cccc(F)c2)cc(N2CCCC2)n1. The van der Waals surface area contributed by atoms with Crippen LogP contribution in [0.3, 0.4) is 0 Å². The number of aromatic nitrogens is 2. The molecule has 0 unspecified atom stereocenters. The Morgan fingerprint density at radius 1 is 1.15 bits per heavy atom. The fourth-order valence-corrected chi connectivity index (χ4v) is 2.44. The van der Waals surface area contributed by atoms with E-state index in [4.69, 9.17) is 0 Å². The minimum atomic E-state index is -0.263. The molecule has 2 aromatic rings. The van der Waals surface area contributed by atoms with Gasteiger partial charge in [-0.25, -0.2) is 14.4 Å². The number of rotatable bonds is 3. The fraction of sp³-hybridized carbons (Fsp3) is 0.333. The Labute approximate surface area is 117 Å². The molecule has 1 aromatic heterocycles. The van der Waals surface area contributed by atoms with Gasteiger partial charge in [0.1, 0.15) is 23.3 Å². The molecule has 0 atom stereocenters. The third kappa shape index (κ3) is 2.87. The van der Waals surface area contributed by atoms with Gasteiger partial charge in [-0.1, -0.05) is 6.07 Å². The molecule has 5 heteroatoms. The van der Waals surface area contributed by atoms with Gasteiger partial charge in [-0.2, -0.15) is 0 Å². The van der Waals surface area contributed by atoms with Crippen LogP contribution in [0.2, 0.25) is 0 Å². The molecule has 0 spiro atoms. The van der Waals surface area contributed by atoms with Crippen molar-refractivity contribution < 1.29 is 4.39 Å². The summed E-state index contributed by atoms with van der Waals surface area (Å²) in [7, 11) is 0. The topological polar surface area (TPSA) is 41.1 Å². The highest BCUT2D eigenvalue weighted by Gasteiger charge is 2.15. The van der Waals surface area contributed by atoms with Crippen LogP contribution in [-0.4, -0.2) is 23.1 Å². The summed E-state index contributed by atoms with van der Waals surface area (Å²) in [5.41, 5.74) is 0.690. The van der Waals surface area contributed by atoms with Crippen LogP contribution in [0, 0.1) is 12.7 Å². The second-order valence-corrected chi connectivity index (χ2v) is 4.99. The smallest absolute Gasteiger partial charge is 0.136 e. The van der Waals surface area contributed by atoms with E-state index in [0.29, 0.717) is 17.3 Å². The van der Waals surface area contributed by atoms with Gasteiger partial charge in [-0.15, -0.1) is 0 Å². The summed E-state index contributed by atoms with van der Waals surface area (Å²) in [6, 6.07) is 8.28. The lowest BCUT2D eigenvalue weighted by molar-refractivity contribution is 0.628. The minimum absolute atomic E-state index is 0.263. The first-order chi connectivity index (χ1) is 9.70. The Kier molecular flexibility index (Phi) is 3.50. The number of nitrogens with zero attached hydrogens (tertiary/aromatic N) is 3. The first-order valence-corrected chi connectivity index (χ1v) is 6.84. The molecule has 20 heavy (non-hydrogen) atoms. The van der Waals surface area contributed by atoms with Crippen LogP contribution in [0.25, 0.3) is 0 Å². The van der Waals surface area contributed by atoms with Gasteiger partial charge >= 0.3 is 0 Å². The summed E-state index contributed by atoms with van der Waals surface area (Å²) < 4.78 is 13.2. The summed E-state index contributed by atoms with van der Waals surface area (Å²) in [4.78, 5) is 11.1. The minimum Gasteiger partial charge on any atom is -0.356 e. The standard InChI is InChI=1S/C15H17FN4/c1-11-17-14(19-13-6-4-5-12(16)9-13)10-15(18-11)20-7-2-3-8-20/h4-6,9-10H,2-3,7-8H2,1H3,(H,17,18,19). The lowest BCUT2D eigenvalue weighted by Crippen LogP contribution is -2.19. The first kappa shape index (κ1) is 12.8. The van der Waals surface area contributed by atoms with Crippen LogP contribution in [-0.2, 0) is 0 Å². The molecule has 0 amide bonds. The fourth-order valence-electron chi connectivity index (χ4n) is 2.44. The molecule has 104 valence electrons. The van der Waals surface area contributed by atoms with Gasteiger partial charge < -0.3 is 10.2 Å². The molecule has 0 saturated carbocycles. The largest absolute Gasteiger partial charge is 0.356 e. The molecule has 1 fully saturated rings. The number of anilines is 3. The summed E-state index contributed by atoms with van der Waals surface area (Å²) in [5, 5.41) is 3.13. The third-order valence-corrected chi connectivity index (χ3v) is 3.35. The predicted octanol–water partition coefficient (Wildman–Crippen LogP) is 3.27. The van der Waals surface area contributed by atoms with Crippen LogP contribution in [0.4, 0.5) is 21.7 Å². The van der Waals surface area contributed by atoms with Gasteiger partial charge in [0.05, 0.1) is 0 Å². The number of nitrogens with one attached hydrogen (secondary N) is 1. The van der Waals surface area contributed by atoms with E-state index in [1.54, 1.807) is 6.07 Å². The molecule has 2 heterocycles. The number of hydrogen-bond donors (Lipinski definition) is 1. The molecule has 1 aromatic carbocycles. The molecule has 4 nitrogen and oxygen atoms in total. The van der Waals surface area contributed by atoms with E-state index >= 15 is 0 Å². The monoisotopic (exact) mass is 272 g/mol. The van der Waals surface area contributed by atoms with Crippen LogP contribution in [0.15, 0.2) is 30.3 Å². The van der Waals surface area contributed by atoms with Crippen molar-refractivity contribution in [3.05, 3.63) is 42.0 Å². The van der Waals surface area contributed by atoms with Gasteiger partial charge in [0, 0.05) is 24.8 Å². The number of benzene rings is 1. The predicted molar refractivity (Wildman–Crippen MR) is 77.9 cm³/mol. The van der Waals surface area contributed by atoms with Crippen molar-refractivity contribution >= 4 is 17.3 Å². The molecule has 1 N–H and O–H groups in total. The maximum Gasteiger partial charge on any atom is 0.136 e. The van der Waals surface area contributed by atoms with Crippen LogP contribution in [0.5, 0.6) is 0 Å². The molecule has 1 aliphatic heterocycles. The zero-order valence-corrected chi connectivity index (χ0v) is 11.4. The number of halogens is 1. The maximum absolute atomic E-state index is 13.2. The Balaban J connectivity index is 1.85. The summed E-state index contributed by atoms with van der Waals surface area (Å²) in [6.45, 7) is 3.95. The normalized spacial score (nSPS) is 14.6. The number of aryl methyl sites for hydroxylation is 1. The molecule has 0 radical (unpaired) electrons. The van der Waals surface area contributed by atoms with Crippen molar-refractivity contribution in [3.63, 3.8) is 0 Å². The van der Waals surface area contributed by atoms with Crippen LogP contribution in [0.1, 0.15) is 18.7 Å². The second-order valence-electron chi connectivity index (χ2n) is 4.99.